The molecule has 0 heterocycles. The van der Waals surface area contributed by atoms with Crippen LogP contribution in [0.4, 0.5) is 0 Å². The summed E-state index contributed by atoms with van der Waals surface area (Å²) in [7, 11) is 0. The minimum atomic E-state index is -0.808. The van der Waals surface area contributed by atoms with Gasteiger partial charge in [-0.1, -0.05) is 57.6 Å². The van der Waals surface area contributed by atoms with Crippen LogP contribution in [-0.4, -0.2) is 64.4 Å². The Balaban J connectivity index is 1.52. The predicted molar refractivity (Wildman–Crippen MR) is 191 cm³/mol. The fourth-order valence-corrected chi connectivity index (χ4v) is 11.8. The Kier molecular flexibility index (Phi) is 10.8. The van der Waals surface area contributed by atoms with Gasteiger partial charge in [0.05, 0.1) is 18.8 Å². The fourth-order valence-electron chi connectivity index (χ4n) is 11.1. The van der Waals surface area contributed by atoms with Crippen LogP contribution in [0.5, 0.6) is 0 Å². The lowest BCUT2D eigenvalue weighted by Gasteiger charge is -2.70. The number of fused-ring (bicyclic) bond motifs is 7. The van der Waals surface area contributed by atoms with Crippen LogP contribution in [0, 0.1) is 45.3 Å². The van der Waals surface area contributed by atoms with E-state index in [-0.39, 0.29) is 59.8 Å². The molecule has 5 aliphatic rings. The van der Waals surface area contributed by atoms with Crippen LogP contribution >= 0.6 is 12.6 Å². The third kappa shape index (κ3) is 6.39. The summed E-state index contributed by atoms with van der Waals surface area (Å²) in [5, 5.41) is 23.6. The SMILES string of the molecule is C/C=C/C(=O)OC[C@@H]1C2CC[C@]3(S)C(CC=C4C5CC(C)(C)[C@@H](O)C[C@]5(COC(=O)/C=C/C)[C@H](O)C[C@]43C)[C@@]2(C)CC[C@@H]1OC(=O)/C=C/C. The number of ether oxygens (including phenoxy) is 3. The van der Waals surface area contributed by atoms with E-state index in [0.29, 0.717) is 25.7 Å². The smallest absolute Gasteiger partial charge is 0.330 e. The van der Waals surface area contributed by atoms with Crippen molar-refractivity contribution in [3.63, 3.8) is 0 Å². The topological polar surface area (TPSA) is 119 Å². The maximum absolute atomic E-state index is 12.7. The van der Waals surface area contributed by atoms with Crippen LogP contribution < -0.4 is 0 Å². The maximum atomic E-state index is 12.7. The molecule has 0 aromatic carbocycles. The number of aliphatic hydroxyl groups is 2. The molecule has 0 bridgehead atoms. The molecule has 2 N–H and O–H groups in total. The zero-order chi connectivity index (χ0) is 36.0. The van der Waals surface area contributed by atoms with Gasteiger partial charge in [-0.3, -0.25) is 0 Å². The van der Waals surface area contributed by atoms with Gasteiger partial charge in [0.25, 0.3) is 0 Å². The third-order valence-electron chi connectivity index (χ3n) is 13.8. The quantitative estimate of drug-likeness (QED) is 0.0842. The second-order valence-corrected chi connectivity index (χ2v) is 17.5. The maximum Gasteiger partial charge on any atom is 0.330 e. The van der Waals surface area contributed by atoms with E-state index in [0.717, 1.165) is 25.7 Å². The average Bonchev–Trinajstić information content (AvgIpc) is 3.02. The molecular weight excluding hydrogens is 640 g/mol. The molecule has 0 amide bonds. The Morgan fingerprint density at radius 1 is 0.857 bits per heavy atom. The van der Waals surface area contributed by atoms with Crippen molar-refractivity contribution in [2.75, 3.05) is 13.2 Å². The number of carbonyl (C=O) groups excluding carboxylic acids is 3. The highest BCUT2D eigenvalue weighted by atomic mass is 32.1. The minimum absolute atomic E-state index is 0.0479. The van der Waals surface area contributed by atoms with Gasteiger partial charge >= 0.3 is 17.9 Å². The van der Waals surface area contributed by atoms with E-state index in [2.05, 4.69) is 33.8 Å². The first kappa shape index (κ1) is 37.9. The highest BCUT2D eigenvalue weighted by Crippen LogP contribution is 2.73. The van der Waals surface area contributed by atoms with Crippen LogP contribution in [0.1, 0.15) is 99.8 Å². The average molecular weight is 699 g/mol. The van der Waals surface area contributed by atoms with Gasteiger partial charge in [0.1, 0.15) is 12.7 Å². The van der Waals surface area contributed by atoms with E-state index < -0.39 is 39.7 Å². The van der Waals surface area contributed by atoms with Crippen molar-refractivity contribution in [2.45, 2.75) is 123 Å². The van der Waals surface area contributed by atoms with E-state index in [1.54, 1.807) is 39.0 Å². The van der Waals surface area contributed by atoms with Gasteiger partial charge in [-0.25, -0.2) is 14.4 Å². The number of carbonyl (C=O) groups is 3. The molecule has 5 rings (SSSR count). The number of hydrogen-bond donors (Lipinski definition) is 3. The first-order valence-corrected chi connectivity index (χ1v) is 18.7. The standard InChI is InChI=1S/C40H58O8S/c1-8-11-33(43)46-23-25-26-16-19-40(49)30(37(26,6)18-17-29(25)48-35(45)13-10-3)15-14-27-28-20-36(4,5)31(41)22-39(28,24-47-34(44)12-9-2)32(42)21-38(27,40)7/h8-14,25-26,28-32,41-42,49H,15-24H2,1-7H3/b11-8+,12-9+,13-10+/t25-,26?,28?,29+,30?,31+,32-,37+,38-,39-,40+/m1/s1. The summed E-state index contributed by atoms with van der Waals surface area (Å²) in [6.45, 7) is 14.4. The molecule has 0 aromatic rings. The van der Waals surface area contributed by atoms with Crippen molar-refractivity contribution in [3.05, 3.63) is 48.1 Å². The summed E-state index contributed by atoms with van der Waals surface area (Å²) in [4.78, 5) is 37.7. The van der Waals surface area contributed by atoms with Crippen LogP contribution in [-0.2, 0) is 28.6 Å². The summed E-state index contributed by atoms with van der Waals surface area (Å²) in [5.41, 5.74) is -0.540. The number of rotatable bonds is 8. The largest absolute Gasteiger partial charge is 0.462 e. The summed E-state index contributed by atoms with van der Waals surface area (Å²) in [6, 6.07) is 0. The Hall–Kier alpha value is -2.36. The van der Waals surface area contributed by atoms with Crippen LogP contribution in [0.2, 0.25) is 0 Å². The molecule has 9 heteroatoms. The monoisotopic (exact) mass is 698 g/mol. The minimum Gasteiger partial charge on any atom is -0.462 e. The van der Waals surface area contributed by atoms with Crippen molar-refractivity contribution < 1.29 is 38.8 Å². The Bertz CT molecular complexity index is 1410. The summed E-state index contributed by atoms with van der Waals surface area (Å²) in [6.07, 6.45) is 15.2. The van der Waals surface area contributed by atoms with Gasteiger partial charge in [0, 0.05) is 39.7 Å². The molecule has 8 nitrogen and oxygen atoms in total. The van der Waals surface area contributed by atoms with Crippen LogP contribution in [0.15, 0.2) is 48.1 Å². The molecule has 272 valence electrons. The number of aliphatic hydroxyl groups excluding tert-OH is 2. The molecule has 11 atom stereocenters. The number of allylic oxidation sites excluding steroid dienone is 5. The van der Waals surface area contributed by atoms with Crippen molar-refractivity contribution in [3.8, 4) is 0 Å². The van der Waals surface area contributed by atoms with E-state index >= 15 is 0 Å². The fraction of sp³-hybridized carbons (Fsp3) is 0.725. The van der Waals surface area contributed by atoms with E-state index in [1.165, 1.54) is 23.8 Å². The highest BCUT2D eigenvalue weighted by Gasteiger charge is 2.70. The first-order valence-electron chi connectivity index (χ1n) is 18.2. The second-order valence-electron chi connectivity index (χ2n) is 16.7. The van der Waals surface area contributed by atoms with E-state index in [4.69, 9.17) is 26.8 Å². The first-order chi connectivity index (χ1) is 23.0. The normalized spacial score (nSPS) is 42.8. The second kappa shape index (κ2) is 14.0. The molecular formula is C40H58O8S. The number of hydrogen-bond acceptors (Lipinski definition) is 9. The summed E-state index contributed by atoms with van der Waals surface area (Å²) in [5.74, 6) is -1.18. The molecule has 3 unspecified atom stereocenters. The lowest BCUT2D eigenvalue weighted by Crippen LogP contribution is -2.69. The Morgan fingerprint density at radius 3 is 2.14 bits per heavy atom. The molecule has 4 fully saturated rings. The number of esters is 3. The van der Waals surface area contributed by atoms with Crippen molar-refractivity contribution in [2.24, 2.45) is 45.3 Å². The Morgan fingerprint density at radius 2 is 1.49 bits per heavy atom. The molecule has 5 aliphatic carbocycles. The van der Waals surface area contributed by atoms with E-state index in [1.807, 2.05) is 0 Å². The van der Waals surface area contributed by atoms with Crippen LogP contribution in [0.3, 0.4) is 0 Å². The van der Waals surface area contributed by atoms with Crippen molar-refractivity contribution in [1.29, 1.82) is 0 Å². The molecule has 0 radical (unpaired) electrons. The zero-order valence-electron chi connectivity index (χ0n) is 30.4. The van der Waals surface area contributed by atoms with Gasteiger partial charge in [0.2, 0.25) is 0 Å². The molecule has 0 aromatic heterocycles. The van der Waals surface area contributed by atoms with Gasteiger partial charge in [-0.15, -0.1) is 0 Å². The predicted octanol–water partition coefficient (Wildman–Crippen LogP) is 6.71. The van der Waals surface area contributed by atoms with Gasteiger partial charge in [-0.2, -0.15) is 12.6 Å². The molecule has 49 heavy (non-hydrogen) atoms. The summed E-state index contributed by atoms with van der Waals surface area (Å²) < 4.78 is 17.1. The third-order valence-corrected chi connectivity index (χ3v) is 14.8. The van der Waals surface area contributed by atoms with Gasteiger partial charge in [0.15, 0.2) is 0 Å². The lowest BCUT2D eigenvalue weighted by atomic mass is 9.38. The molecule has 4 saturated carbocycles. The van der Waals surface area contributed by atoms with Gasteiger partial charge in [-0.05, 0) is 101 Å². The number of thiol groups is 1. The van der Waals surface area contributed by atoms with Gasteiger partial charge < -0.3 is 24.4 Å². The van der Waals surface area contributed by atoms with Crippen molar-refractivity contribution in [1.82, 2.24) is 0 Å². The van der Waals surface area contributed by atoms with Crippen molar-refractivity contribution >= 4 is 30.5 Å². The zero-order valence-corrected chi connectivity index (χ0v) is 31.3. The molecule has 0 spiro atoms. The molecule has 0 saturated heterocycles. The highest BCUT2D eigenvalue weighted by molar-refractivity contribution is 7.81. The Labute approximate surface area is 298 Å². The van der Waals surface area contributed by atoms with E-state index in [9.17, 15) is 24.6 Å². The van der Waals surface area contributed by atoms with Crippen LogP contribution in [0.25, 0.3) is 0 Å². The molecule has 0 aliphatic heterocycles. The lowest BCUT2D eigenvalue weighted by molar-refractivity contribution is -0.195. The summed E-state index contributed by atoms with van der Waals surface area (Å²) >= 11 is 5.72.